The molecule has 1 aliphatic rings. The Balaban J connectivity index is 2.19. The summed E-state index contributed by atoms with van der Waals surface area (Å²) in [6.45, 7) is 0. The largest absolute Gasteiger partial charge is 0.381 e. The van der Waals surface area contributed by atoms with Gasteiger partial charge in [0.15, 0.2) is 11.5 Å². The van der Waals surface area contributed by atoms with Gasteiger partial charge in [-0.05, 0) is 12.8 Å². The average Bonchev–Trinajstić information content (AvgIpc) is 2.61. The molecule has 0 radical (unpaired) electrons. The number of nitrogens with zero attached hydrogens (tertiary/aromatic N) is 2. The van der Waals surface area contributed by atoms with Crippen LogP contribution in [0.3, 0.4) is 0 Å². The SMILES string of the molecule is N#Cc1[nH]c(C2CCCCC2)nc1N. The zero-order chi connectivity index (χ0) is 9.97. The number of imidazole rings is 1. The van der Waals surface area contributed by atoms with Crippen molar-refractivity contribution in [3.63, 3.8) is 0 Å². The van der Waals surface area contributed by atoms with Crippen molar-refractivity contribution < 1.29 is 0 Å². The van der Waals surface area contributed by atoms with Gasteiger partial charge in [-0.2, -0.15) is 5.26 Å². The molecule has 0 spiro atoms. The Kier molecular flexibility index (Phi) is 2.40. The van der Waals surface area contributed by atoms with E-state index in [1.165, 1.54) is 19.3 Å². The lowest BCUT2D eigenvalue weighted by Crippen LogP contribution is -2.06. The molecule has 1 saturated carbocycles. The minimum atomic E-state index is 0.341. The Morgan fingerprint density at radius 2 is 2.07 bits per heavy atom. The van der Waals surface area contributed by atoms with E-state index in [9.17, 15) is 0 Å². The Labute approximate surface area is 83.1 Å². The molecule has 3 N–H and O–H groups in total. The molecule has 14 heavy (non-hydrogen) atoms. The number of aromatic nitrogens is 2. The second kappa shape index (κ2) is 3.70. The van der Waals surface area contributed by atoms with E-state index < -0.39 is 0 Å². The van der Waals surface area contributed by atoms with Gasteiger partial charge < -0.3 is 10.7 Å². The van der Waals surface area contributed by atoms with E-state index in [1.807, 2.05) is 6.07 Å². The van der Waals surface area contributed by atoms with Crippen LogP contribution in [-0.4, -0.2) is 9.97 Å². The fourth-order valence-electron chi connectivity index (χ4n) is 2.06. The molecule has 0 saturated heterocycles. The van der Waals surface area contributed by atoms with E-state index >= 15 is 0 Å². The van der Waals surface area contributed by atoms with Gasteiger partial charge in [0, 0.05) is 5.92 Å². The molecule has 2 rings (SSSR count). The van der Waals surface area contributed by atoms with E-state index in [1.54, 1.807) is 0 Å². The molecule has 1 aromatic heterocycles. The maximum Gasteiger partial charge on any atom is 0.161 e. The van der Waals surface area contributed by atoms with Crippen LogP contribution in [0.4, 0.5) is 5.82 Å². The maximum atomic E-state index is 8.73. The van der Waals surface area contributed by atoms with Gasteiger partial charge in [0.05, 0.1) is 0 Å². The Morgan fingerprint density at radius 3 is 2.64 bits per heavy atom. The first kappa shape index (κ1) is 9.07. The van der Waals surface area contributed by atoms with E-state index in [0.717, 1.165) is 18.7 Å². The molecule has 0 aromatic carbocycles. The second-order valence-electron chi connectivity index (χ2n) is 3.83. The lowest BCUT2D eigenvalue weighted by atomic mass is 9.89. The number of hydrogen-bond donors (Lipinski definition) is 2. The van der Waals surface area contributed by atoms with Crippen LogP contribution in [-0.2, 0) is 0 Å². The zero-order valence-corrected chi connectivity index (χ0v) is 8.08. The van der Waals surface area contributed by atoms with Crippen molar-refractivity contribution in [2.75, 3.05) is 5.73 Å². The summed E-state index contributed by atoms with van der Waals surface area (Å²) in [5.41, 5.74) is 6.00. The number of aromatic amines is 1. The lowest BCUT2D eigenvalue weighted by Gasteiger charge is -2.18. The number of rotatable bonds is 1. The fourth-order valence-corrected chi connectivity index (χ4v) is 2.06. The number of nitrogens with two attached hydrogens (primary N) is 1. The molecule has 0 aliphatic heterocycles. The predicted octanol–water partition coefficient (Wildman–Crippen LogP) is 1.91. The number of anilines is 1. The average molecular weight is 190 g/mol. The molecule has 74 valence electrons. The summed E-state index contributed by atoms with van der Waals surface area (Å²) in [4.78, 5) is 7.21. The highest BCUT2D eigenvalue weighted by Crippen LogP contribution is 2.31. The summed E-state index contributed by atoms with van der Waals surface area (Å²) in [5.74, 6) is 1.72. The fraction of sp³-hybridized carbons (Fsp3) is 0.600. The minimum Gasteiger partial charge on any atom is -0.381 e. The monoisotopic (exact) mass is 190 g/mol. The van der Waals surface area contributed by atoms with Crippen molar-refractivity contribution in [3.8, 4) is 6.07 Å². The van der Waals surface area contributed by atoms with E-state index in [-0.39, 0.29) is 0 Å². The van der Waals surface area contributed by atoms with Gasteiger partial charge in [0.2, 0.25) is 0 Å². The molecule has 4 heteroatoms. The molecule has 0 amide bonds. The zero-order valence-electron chi connectivity index (χ0n) is 8.08. The second-order valence-corrected chi connectivity index (χ2v) is 3.83. The number of nitrogens with one attached hydrogen (secondary N) is 1. The van der Waals surface area contributed by atoms with Gasteiger partial charge in [-0.25, -0.2) is 4.98 Å². The van der Waals surface area contributed by atoms with Gasteiger partial charge >= 0.3 is 0 Å². The van der Waals surface area contributed by atoms with E-state index in [0.29, 0.717) is 17.4 Å². The molecule has 0 unspecified atom stereocenters. The first-order chi connectivity index (χ1) is 6.81. The quantitative estimate of drug-likeness (QED) is 0.710. The van der Waals surface area contributed by atoms with Crippen LogP contribution in [0.2, 0.25) is 0 Å². The van der Waals surface area contributed by atoms with Crippen LogP contribution in [0, 0.1) is 11.3 Å². The number of nitrogen functional groups attached to an aromatic ring is 1. The van der Waals surface area contributed by atoms with Gasteiger partial charge in [-0.3, -0.25) is 0 Å². The molecule has 0 bridgehead atoms. The van der Waals surface area contributed by atoms with Gasteiger partial charge in [0.1, 0.15) is 11.9 Å². The Bertz CT molecular complexity index is 355. The smallest absolute Gasteiger partial charge is 0.161 e. The predicted molar refractivity (Wildman–Crippen MR) is 53.5 cm³/mol. The van der Waals surface area contributed by atoms with Crippen LogP contribution in [0.1, 0.15) is 49.5 Å². The molecular formula is C10H14N4. The van der Waals surface area contributed by atoms with Crippen molar-refractivity contribution in [1.82, 2.24) is 9.97 Å². The van der Waals surface area contributed by atoms with Crippen molar-refractivity contribution in [1.29, 1.82) is 5.26 Å². The summed E-state index contributed by atoms with van der Waals surface area (Å²) in [6.07, 6.45) is 6.16. The van der Waals surface area contributed by atoms with Crippen molar-refractivity contribution in [2.24, 2.45) is 0 Å². The van der Waals surface area contributed by atoms with Crippen molar-refractivity contribution >= 4 is 5.82 Å². The van der Waals surface area contributed by atoms with E-state index in [2.05, 4.69) is 9.97 Å². The molecule has 1 aromatic rings. The molecule has 1 heterocycles. The topological polar surface area (TPSA) is 78.5 Å². The van der Waals surface area contributed by atoms with Gasteiger partial charge in [-0.15, -0.1) is 0 Å². The standard InChI is InChI=1S/C10H14N4/c11-6-8-9(12)14-10(13-8)7-4-2-1-3-5-7/h7H,1-5,12H2,(H,13,14). The third kappa shape index (κ3) is 1.58. The third-order valence-corrected chi connectivity index (χ3v) is 2.85. The lowest BCUT2D eigenvalue weighted by molar-refractivity contribution is 0.431. The van der Waals surface area contributed by atoms with Crippen molar-refractivity contribution in [2.45, 2.75) is 38.0 Å². The van der Waals surface area contributed by atoms with Crippen LogP contribution >= 0.6 is 0 Å². The van der Waals surface area contributed by atoms with Gasteiger partial charge in [-0.1, -0.05) is 19.3 Å². The highest BCUT2D eigenvalue weighted by atomic mass is 15.0. The first-order valence-corrected chi connectivity index (χ1v) is 5.06. The maximum absolute atomic E-state index is 8.73. The van der Waals surface area contributed by atoms with Crippen LogP contribution < -0.4 is 5.73 Å². The number of hydrogen-bond acceptors (Lipinski definition) is 3. The highest BCUT2D eigenvalue weighted by Gasteiger charge is 2.19. The van der Waals surface area contributed by atoms with Gasteiger partial charge in [0.25, 0.3) is 0 Å². The van der Waals surface area contributed by atoms with E-state index in [4.69, 9.17) is 11.0 Å². The number of H-pyrrole nitrogens is 1. The summed E-state index contributed by atoms with van der Waals surface area (Å²) in [6, 6.07) is 2.01. The third-order valence-electron chi connectivity index (χ3n) is 2.85. The number of nitriles is 1. The molecule has 4 nitrogen and oxygen atoms in total. The summed E-state index contributed by atoms with van der Waals surface area (Å²) in [7, 11) is 0. The normalized spacial score (nSPS) is 17.9. The van der Waals surface area contributed by atoms with Crippen LogP contribution in [0.15, 0.2) is 0 Å². The molecular weight excluding hydrogens is 176 g/mol. The molecule has 1 aliphatic carbocycles. The first-order valence-electron chi connectivity index (χ1n) is 5.06. The highest BCUT2D eigenvalue weighted by molar-refractivity contribution is 5.44. The Hall–Kier alpha value is -1.50. The van der Waals surface area contributed by atoms with Crippen LogP contribution in [0.25, 0.3) is 0 Å². The summed E-state index contributed by atoms with van der Waals surface area (Å²) >= 11 is 0. The van der Waals surface area contributed by atoms with Crippen molar-refractivity contribution in [3.05, 3.63) is 11.5 Å². The Morgan fingerprint density at radius 1 is 1.36 bits per heavy atom. The summed E-state index contributed by atoms with van der Waals surface area (Å²) < 4.78 is 0. The summed E-state index contributed by atoms with van der Waals surface area (Å²) in [5, 5.41) is 8.73. The van der Waals surface area contributed by atoms with Crippen LogP contribution in [0.5, 0.6) is 0 Å². The molecule has 0 atom stereocenters. The molecule has 1 fully saturated rings. The minimum absolute atomic E-state index is 0.341.